The summed E-state index contributed by atoms with van der Waals surface area (Å²) in [6.45, 7) is 7.09. The summed E-state index contributed by atoms with van der Waals surface area (Å²) < 4.78 is 0. The van der Waals surface area contributed by atoms with E-state index >= 15 is 0 Å². The van der Waals surface area contributed by atoms with Crippen LogP contribution in [0.3, 0.4) is 0 Å². The van der Waals surface area contributed by atoms with Gasteiger partial charge in [0, 0.05) is 0 Å². The quantitative estimate of drug-likeness (QED) is 0.449. The Balaban J connectivity index is 2.13. The van der Waals surface area contributed by atoms with E-state index in [9.17, 15) is 0 Å². The number of allylic oxidation sites excluding steroid dienone is 2. The van der Waals surface area contributed by atoms with E-state index in [0.29, 0.717) is 5.41 Å². The lowest BCUT2D eigenvalue weighted by Crippen LogP contribution is -1.90. The molecule has 2 rings (SSSR count). The van der Waals surface area contributed by atoms with Gasteiger partial charge in [0.1, 0.15) is 0 Å². The minimum atomic E-state index is 0.675. The predicted molar refractivity (Wildman–Crippen MR) is 43.8 cm³/mol. The maximum Gasteiger partial charge on any atom is -0.0286 e. The van der Waals surface area contributed by atoms with Gasteiger partial charge in [-0.15, -0.1) is 0 Å². The molecule has 0 aromatic rings. The molecule has 0 saturated heterocycles. The van der Waals surface area contributed by atoms with Gasteiger partial charge in [-0.2, -0.15) is 0 Å². The Hall–Kier alpha value is -0.260. The second-order valence-electron chi connectivity index (χ2n) is 4.52. The average Bonchev–Trinajstić information content (AvgIpc) is 2.36. The molecule has 2 atom stereocenters. The molecule has 56 valence electrons. The molecule has 2 aliphatic carbocycles. The van der Waals surface area contributed by atoms with Gasteiger partial charge in [0.05, 0.1) is 0 Å². The highest BCUT2D eigenvalue weighted by Gasteiger charge is 2.57. The van der Waals surface area contributed by atoms with Gasteiger partial charge in [-0.1, -0.05) is 25.5 Å². The molecule has 10 heavy (non-hydrogen) atoms. The van der Waals surface area contributed by atoms with Gasteiger partial charge in [0.15, 0.2) is 0 Å². The van der Waals surface area contributed by atoms with Crippen molar-refractivity contribution >= 4 is 0 Å². The van der Waals surface area contributed by atoms with Crippen molar-refractivity contribution < 1.29 is 0 Å². The zero-order valence-electron chi connectivity index (χ0n) is 7.15. The van der Waals surface area contributed by atoms with Crippen LogP contribution in [0.5, 0.6) is 0 Å². The topological polar surface area (TPSA) is 0 Å². The van der Waals surface area contributed by atoms with Crippen LogP contribution < -0.4 is 0 Å². The van der Waals surface area contributed by atoms with Gasteiger partial charge in [0.2, 0.25) is 0 Å². The van der Waals surface area contributed by atoms with E-state index in [-0.39, 0.29) is 0 Å². The molecule has 1 unspecified atom stereocenters. The molecule has 0 radical (unpaired) electrons. The Labute approximate surface area is 63.3 Å². The van der Waals surface area contributed by atoms with Crippen LogP contribution in [0.2, 0.25) is 0 Å². The Morgan fingerprint density at radius 3 is 2.60 bits per heavy atom. The molecular formula is C10H16. The lowest BCUT2D eigenvalue weighted by atomic mass is 10.0. The molecule has 0 heterocycles. The molecule has 1 saturated carbocycles. The van der Waals surface area contributed by atoms with Crippen molar-refractivity contribution in [2.45, 2.75) is 33.6 Å². The monoisotopic (exact) mass is 136 g/mol. The summed E-state index contributed by atoms with van der Waals surface area (Å²) in [4.78, 5) is 0. The van der Waals surface area contributed by atoms with Crippen molar-refractivity contribution in [3.63, 3.8) is 0 Å². The first kappa shape index (κ1) is 6.45. The first-order valence-corrected chi connectivity index (χ1v) is 4.28. The highest BCUT2D eigenvalue weighted by atomic mass is 14.6. The summed E-state index contributed by atoms with van der Waals surface area (Å²) in [5.74, 6) is 2.05. The maximum absolute atomic E-state index is 2.43. The predicted octanol–water partition coefficient (Wildman–Crippen LogP) is 3.00. The summed E-state index contributed by atoms with van der Waals surface area (Å²) in [6.07, 6.45) is 5.15. The normalized spacial score (nSPS) is 42.1. The molecule has 0 aromatic heterocycles. The van der Waals surface area contributed by atoms with Gasteiger partial charge in [-0.05, 0) is 37.0 Å². The molecule has 0 bridgehead atoms. The van der Waals surface area contributed by atoms with E-state index in [2.05, 4.69) is 26.8 Å². The van der Waals surface area contributed by atoms with E-state index in [0.717, 1.165) is 11.8 Å². The molecule has 0 amide bonds. The first-order chi connectivity index (χ1) is 4.62. The van der Waals surface area contributed by atoms with Crippen LogP contribution in [0.25, 0.3) is 0 Å². The third kappa shape index (κ3) is 0.680. The lowest BCUT2D eigenvalue weighted by Gasteiger charge is -2.05. The van der Waals surface area contributed by atoms with Crippen molar-refractivity contribution in [3.05, 3.63) is 11.6 Å². The third-order valence-electron chi connectivity index (χ3n) is 3.55. The molecule has 2 aliphatic rings. The number of rotatable bonds is 0. The van der Waals surface area contributed by atoms with E-state index in [4.69, 9.17) is 0 Å². The molecule has 1 fully saturated rings. The van der Waals surface area contributed by atoms with Gasteiger partial charge in [0.25, 0.3) is 0 Å². The average molecular weight is 136 g/mol. The molecule has 0 heteroatoms. The number of fused-ring (bicyclic) bond motifs is 1. The lowest BCUT2D eigenvalue weighted by molar-refractivity contribution is 0.542. The van der Waals surface area contributed by atoms with Crippen molar-refractivity contribution in [2.24, 2.45) is 17.3 Å². The van der Waals surface area contributed by atoms with Crippen molar-refractivity contribution in [3.8, 4) is 0 Å². The van der Waals surface area contributed by atoms with Gasteiger partial charge in [-0.3, -0.25) is 0 Å². The van der Waals surface area contributed by atoms with Crippen LogP contribution in [-0.2, 0) is 0 Å². The number of hydrogen-bond donors (Lipinski definition) is 0. The SMILES string of the molecule is CC1=CC[C@@H]2C(C1)C2(C)C. The number of hydrogen-bond acceptors (Lipinski definition) is 0. The second-order valence-corrected chi connectivity index (χ2v) is 4.52. The molecular weight excluding hydrogens is 120 g/mol. The first-order valence-electron chi connectivity index (χ1n) is 4.28. The van der Waals surface area contributed by atoms with Crippen LogP contribution in [0.1, 0.15) is 33.6 Å². The largest absolute Gasteiger partial charge is 0.0853 e. The third-order valence-corrected chi connectivity index (χ3v) is 3.55. The fourth-order valence-electron chi connectivity index (χ4n) is 2.49. The molecule has 0 aliphatic heterocycles. The highest BCUT2D eigenvalue weighted by Crippen LogP contribution is 2.64. The summed E-state index contributed by atoms with van der Waals surface area (Å²) in [7, 11) is 0. The molecule has 0 spiro atoms. The molecule has 0 N–H and O–H groups in total. The maximum atomic E-state index is 2.43. The van der Waals surface area contributed by atoms with Crippen molar-refractivity contribution in [2.75, 3.05) is 0 Å². The Kier molecular flexibility index (Phi) is 1.07. The van der Waals surface area contributed by atoms with Gasteiger partial charge in [-0.25, -0.2) is 0 Å². The van der Waals surface area contributed by atoms with Gasteiger partial charge >= 0.3 is 0 Å². The Morgan fingerprint density at radius 2 is 2.10 bits per heavy atom. The van der Waals surface area contributed by atoms with E-state index in [1.807, 2.05) is 0 Å². The van der Waals surface area contributed by atoms with E-state index < -0.39 is 0 Å². The smallest absolute Gasteiger partial charge is 0.0286 e. The van der Waals surface area contributed by atoms with Crippen molar-refractivity contribution in [1.29, 1.82) is 0 Å². The highest BCUT2D eigenvalue weighted by molar-refractivity contribution is 5.18. The van der Waals surface area contributed by atoms with Crippen LogP contribution >= 0.6 is 0 Å². The van der Waals surface area contributed by atoms with E-state index in [1.165, 1.54) is 12.8 Å². The van der Waals surface area contributed by atoms with Crippen LogP contribution in [0, 0.1) is 17.3 Å². The second kappa shape index (κ2) is 1.66. The zero-order chi connectivity index (χ0) is 7.35. The van der Waals surface area contributed by atoms with Crippen LogP contribution in [0.15, 0.2) is 11.6 Å². The minimum absolute atomic E-state index is 0.675. The standard InChI is InChI=1S/C10H16/c1-7-4-5-8-9(6-7)10(8,2)3/h4,8-9H,5-6H2,1-3H3/t8-,9?/m1/s1. The molecule has 0 nitrogen and oxygen atoms in total. The summed E-state index contributed by atoms with van der Waals surface area (Å²) in [6, 6.07) is 0. The van der Waals surface area contributed by atoms with E-state index in [1.54, 1.807) is 5.57 Å². The minimum Gasteiger partial charge on any atom is -0.0853 e. The van der Waals surface area contributed by atoms with Crippen LogP contribution in [-0.4, -0.2) is 0 Å². The Bertz CT molecular complexity index is 186. The summed E-state index contributed by atoms with van der Waals surface area (Å²) in [5, 5.41) is 0. The fourth-order valence-corrected chi connectivity index (χ4v) is 2.49. The Morgan fingerprint density at radius 1 is 1.40 bits per heavy atom. The zero-order valence-corrected chi connectivity index (χ0v) is 7.15. The van der Waals surface area contributed by atoms with Crippen LogP contribution in [0.4, 0.5) is 0 Å². The summed E-state index contributed by atoms with van der Waals surface area (Å²) >= 11 is 0. The van der Waals surface area contributed by atoms with Gasteiger partial charge < -0.3 is 0 Å². The molecule has 0 aromatic carbocycles. The van der Waals surface area contributed by atoms with Crippen molar-refractivity contribution in [1.82, 2.24) is 0 Å². The summed E-state index contributed by atoms with van der Waals surface area (Å²) in [5.41, 5.74) is 2.29. The fraction of sp³-hybridized carbons (Fsp3) is 0.800.